The van der Waals surface area contributed by atoms with Crippen molar-refractivity contribution < 1.29 is 49.1 Å². The van der Waals surface area contributed by atoms with Crippen LogP contribution in [0.4, 0.5) is 0 Å². The average molecular weight is 761 g/mol. The zero-order valence-electron chi connectivity index (χ0n) is 31.0. The minimum absolute atomic E-state index is 0.0895. The molecule has 12 heteroatoms. The molecule has 2 heterocycles. The van der Waals surface area contributed by atoms with Gasteiger partial charge in [0.1, 0.15) is 22.9 Å². The molecule has 0 aliphatic heterocycles. The van der Waals surface area contributed by atoms with Crippen LogP contribution in [0.25, 0.3) is 0 Å². The molecule has 0 bridgehead atoms. The van der Waals surface area contributed by atoms with Gasteiger partial charge in [0.25, 0.3) is 0 Å². The molecule has 0 aliphatic rings. The van der Waals surface area contributed by atoms with Crippen molar-refractivity contribution in [2.45, 2.75) is 77.0 Å². The normalized spacial score (nSPS) is 10.4. The van der Waals surface area contributed by atoms with Crippen LogP contribution in [0.1, 0.15) is 119 Å². The molecule has 4 N–H and O–H groups in total. The molecule has 290 valence electrons. The number of hydrogen-bond acceptors (Lipinski definition) is 8. The number of carbonyl (C=O) groups is 4. The fourth-order valence-corrected chi connectivity index (χ4v) is 5.48. The van der Waals surface area contributed by atoms with Gasteiger partial charge in [0.2, 0.25) is 0 Å². The van der Waals surface area contributed by atoms with E-state index in [1.165, 1.54) is 24.3 Å². The van der Waals surface area contributed by atoms with E-state index < -0.39 is 23.9 Å². The molecule has 0 saturated heterocycles. The predicted molar refractivity (Wildman–Crippen MR) is 207 cm³/mol. The maximum atomic E-state index is 11.2. The number of carboxylic acids is 4. The number of nitrogens with zero attached hydrogens (tertiary/aromatic N) is 2. The summed E-state index contributed by atoms with van der Waals surface area (Å²) in [6.07, 6.45) is 8.23. The van der Waals surface area contributed by atoms with Crippen molar-refractivity contribution in [3.05, 3.63) is 118 Å². The lowest BCUT2D eigenvalue weighted by atomic mass is 10.1. The fourth-order valence-electron chi connectivity index (χ4n) is 5.48. The lowest BCUT2D eigenvalue weighted by Gasteiger charge is -2.11. The Balaban J connectivity index is 1.14. The highest BCUT2D eigenvalue weighted by Gasteiger charge is 2.11. The molecule has 0 spiro atoms. The quantitative estimate of drug-likeness (QED) is 0.0490. The number of aliphatic carboxylic acids is 2. The lowest BCUT2D eigenvalue weighted by molar-refractivity contribution is -0.138. The Morgan fingerprint density at radius 1 is 0.464 bits per heavy atom. The van der Waals surface area contributed by atoms with Crippen LogP contribution in [-0.2, 0) is 22.4 Å². The van der Waals surface area contributed by atoms with E-state index in [9.17, 15) is 29.4 Å². The minimum Gasteiger partial charge on any atom is -0.492 e. The highest BCUT2D eigenvalue weighted by molar-refractivity contribution is 5.88. The van der Waals surface area contributed by atoms with E-state index in [2.05, 4.69) is 33.6 Å². The summed E-state index contributed by atoms with van der Waals surface area (Å²) in [7, 11) is 0. The Morgan fingerprint density at radius 3 is 1.16 bits per heavy atom. The molecule has 2 aromatic carbocycles. The van der Waals surface area contributed by atoms with E-state index in [-0.39, 0.29) is 36.8 Å². The highest BCUT2D eigenvalue weighted by Crippen LogP contribution is 2.21. The summed E-state index contributed by atoms with van der Waals surface area (Å²) in [6.45, 7) is 0.971. The van der Waals surface area contributed by atoms with Crippen molar-refractivity contribution in [3.8, 4) is 35.2 Å². The number of carboxylic acid groups (broad SMARTS) is 4. The lowest BCUT2D eigenvalue weighted by Crippen LogP contribution is -2.06. The van der Waals surface area contributed by atoms with Crippen molar-refractivity contribution in [3.63, 3.8) is 0 Å². The van der Waals surface area contributed by atoms with Gasteiger partial charge in [-0.1, -0.05) is 50.4 Å². The van der Waals surface area contributed by atoms with E-state index in [4.69, 9.17) is 19.7 Å². The zero-order chi connectivity index (χ0) is 40.1. The van der Waals surface area contributed by atoms with E-state index in [0.29, 0.717) is 58.6 Å². The van der Waals surface area contributed by atoms with Gasteiger partial charge in [-0.05, 0) is 97.5 Å². The molecule has 2 aromatic heterocycles. The number of ether oxygens (including phenoxy) is 2. The van der Waals surface area contributed by atoms with E-state index in [0.717, 1.165) is 51.4 Å². The molecule has 56 heavy (non-hydrogen) atoms. The number of unbranched alkanes of at least 4 members (excludes halogenated alkanes) is 7. The molecule has 12 nitrogen and oxygen atoms in total. The monoisotopic (exact) mass is 760 g/mol. The molecule has 4 aromatic rings. The largest absolute Gasteiger partial charge is 0.492 e. The summed E-state index contributed by atoms with van der Waals surface area (Å²) in [5.41, 5.74) is 3.60. The standard InChI is InChI=1S/C44H44N2O10/c47-41(48)27-23-37-39(25-21-35(45-37)19-13-31-9-15-33(16-10-31)43(51)52)55-29-7-5-3-1-2-4-6-8-30-56-40-26-22-36(46-38(40)24-28-42(49)50)20-14-32-11-17-34(18-12-32)44(53)54/h9-12,15-18,21-22,25-26H,1-8,23-24,27-30H2,(H,47,48)(H,49,50)(H,51,52)(H,53,54). The average Bonchev–Trinajstić information content (AvgIpc) is 3.19. The van der Waals surface area contributed by atoms with Gasteiger partial charge in [0.05, 0.1) is 48.6 Å². The first-order valence-corrected chi connectivity index (χ1v) is 18.5. The van der Waals surface area contributed by atoms with Gasteiger partial charge in [-0.3, -0.25) is 9.59 Å². The van der Waals surface area contributed by atoms with Gasteiger partial charge in [0, 0.05) is 24.0 Å². The van der Waals surface area contributed by atoms with Gasteiger partial charge in [-0.25, -0.2) is 19.6 Å². The van der Waals surface area contributed by atoms with Crippen LogP contribution < -0.4 is 9.47 Å². The first kappa shape index (κ1) is 42.1. The number of pyridine rings is 2. The number of aromatic carboxylic acids is 2. The molecule has 0 amide bonds. The second-order valence-corrected chi connectivity index (χ2v) is 12.9. The Labute approximate surface area is 325 Å². The predicted octanol–water partition coefficient (Wildman–Crippen LogP) is 7.29. The van der Waals surface area contributed by atoms with Crippen molar-refractivity contribution >= 4 is 23.9 Å². The second-order valence-electron chi connectivity index (χ2n) is 12.9. The summed E-state index contributed by atoms with van der Waals surface area (Å²) in [5, 5.41) is 36.5. The van der Waals surface area contributed by atoms with Gasteiger partial charge >= 0.3 is 23.9 Å². The van der Waals surface area contributed by atoms with E-state index >= 15 is 0 Å². The number of benzene rings is 2. The molecule has 4 rings (SSSR count). The van der Waals surface area contributed by atoms with Crippen molar-refractivity contribution in [1.82, 2.24) is 9.97 Å². The maximum Gasteiger partial charge on any atom is 0.335 e. The summed E-state index contributed by atoms with van der Waals surface area (Å²) < 4.78 is 12.0. The summed E-state index contributed by atoms with van der Waals surface area (Å²) in [4.78, 5) is 53.6. The van der Waals surface area contributed by atoms with Gasteiger partial charge < -0.3 is 29.9 Å². The number of aryl methyl sites for hydroxylation is 2. The molecule has 0 radical (unpaired) electrons. The summed E-state index contributed by atoms with van der Waals surface area (Å²) in [6, 6.07) is 19.4. The van der Waals surface area contributed by atoms with Crippen molar-refractivity contribution in [2.75, 3.05) is 13.2 Å². The molecule has 0 unspecified atom stereocenters. The topological polar surface area (TPSA) is 193 Å². The third-order valence-corrected chi connectivity index (χ3v) is 8.50. The Bertz CT molecular complexity index is 1940. The van der Waals surface area contributed by atoms with Gasteiger partial charge in [0.15, 0.2) is 0 Å². The SMILES string of the molecule is O=C(O)CCc1nc(C#Cc2ccc(C(=O)O)cc2)ccc1OCCCCCCCCCCOc1ccc(C#Cc2ccc(C(=O)O)cc2)nc1CCC(=O)O. The van der Waals surface area contributed by atoms with Crippen molar-refractivity contribution in [1.29, 1.82) is 0 Å². The van der Waals surface area contributed by atoms with Crippen LogP contribution in [0.5, 0.6) is 11.5 Å². The smallest absolute Gasteiger partial charge is 0.335 e. The Kier molecular flexibility index (Phi) is 16.9. The second kappa shape index (κ2) is 22.5. The van der Waals surface area contributed by atoms with Crippen LogP contribution in [0.3, 0.4) is 0 Å². The summed E-state index contributed by atoms with van der Waals surface area (Å²) >= 11 is 0. The first-order chi connectivity index (χ1) is 27.1. The van der Waals surface area contributed by atoms with Crippen LogP contribution in [0.15, 0.2) is 72.8 Å². The highest BCUT2D eigenvalue weighted by atomic mass is 16.5. The van der Waals surface area contributed by atoms with E-state index in [1.807, 2.05) is 0 Å². The molecule has 0 saturated carbocycles. The first-order valence-electron chi connectivity index (χ1n) is 18.5. The van der Waals surface area contributed by atoms with Gasteiger partial charge in [-0.15, -0.1) is 0 Å². The Hall–Kier alpha value is -6.66. The molecule has 0 atom stereocenters. The molecular weight excluding hydrogens is 716 g/mol. The Morgan fingerprint density at radius 2 is 0.821 bits per heavy atom. The molecule has 0 aliphatic carbocycles. The van der Waals surface area contributed by atoms with Crippen LogP contribution in [0.2, 0.25) is 0 Å². The van der Waals surface area contributed by atoms with Crippen LogP contribution in [-0.4, -0.2) is 67.5 Å². The molecular formula is C44H44N2O10. The van der Waals surface area contributed by atoms with Crippen LogP contribution >= 0.6 is 0 Å². The minimum atomic E-state index is -1.01. The van der Waals surface area contributed by atoms with Crippen LogP contribution in [0, 0.1) is 23.7 Å². The fraction of sp³-hybridized carbons (Fsp3) is 0.318. The number of hydrogen-bond donors (Lipinski definition) is 4. The number of aromatic nitrogens is 2. The third-order valence-electron chi connectivity index (χ3n) is 8.50. The zero-order valence-corrected chi connectivity index (χ0v) is 31.0. The summed E-state index contributed by atoms with van der Waals surface area (Å²) in [5.74, 6) is 9.02. The maximum absolute atomic E-state index is 11.2. The number of rotatable bonds is 21. The van der Waals surface area contributed by atoms with Crippen molar-refractivity contribution in [2.24, 2.45) is 0 Å². The third kappa shape index (κ3) is 15.0. The molecule has 0 fully saturated rings. The van der Waals surface area contributed by atoms with E-state index in [1.54, 1.807) is 48.5 Å². The van der Waals surface area contributed by atoms with Gasteiger partial charge in [-0.2, -0.15) is 0 Å².